The summed E-state index contributed by atoms with van der Waals surface area (Å²) in [6.07, 6.45) is 0. The summed E-state index contributed by atoms with van der Waals surface area (Å²) in [5.41, 5.74) is 2.99. The maximum Gasteiger partial charge on any atom is 0.295 e. The quantitative estimate of drug-likeness (QED) is 0.0703. The fraction of sp³-hybridized carbons (Fsp3) is 0.242. The van der Waals surface area contributed by atoms with E-state index in [1.165, 1.54) is 12.1 Å². The van der Waals surface area contributed by atoms with E-state index in [1.54, 1.807) is 24.3 Å². The molecular weight excluding hydrogens is 631 g/mol. The lowest BCUT2D eigenvalue weighted by Crippen LogP contribution is -2.29. The first kappa shape index (κ1) is 32.6. The van der Waals surface area contributed by atoms with Crippen LogP contribution in [0.25, 0.3) is 33.4 Å². The lowest BCUT2D eigenvalue weighted by Gasteiger charge is -2.22. The molecule has 2 aliphatic rings. The first-order valence-corrected chi connectivity index (χ1v) is 18.0. The van der Waals surface area contributed by atoms with Gasteiger partial charge < -0.3 is 9.32 Å². The molecule has 0 saturated heterocycles. The first-order valence-electron chi connectivity index (χ1n) is 14.7. The number of fused-ring (bicyclic) bond motifs is 2. The van der Waals surface area contributed by atoms with Crippen molar-refractivity contribution in [2.24, 2.45) is 0 Å². The van der Waals surface area contributed by atoms with E-state index >= 15 is 0 Å². The molecule has 0 aromatic heterocycles. The number of anilines is 2. The Kier molecular flexibility index (Phi) is 9.31. The molecule has 236 valence electrons. The number of benzene rings is 4. The molecule has 1 aliphatic carbocycles. The highest BCUT2D eigenvalue weighted by molar-refractivity contribution is 7.92. The molecule has 0 fully saturated rings. The van der Waals surface area contributed by atoms with E-state index in [4.69, 9.17) is 4.42 Å². The van der Waals surface area contributed by atoms with Crippen molar-refractivity contribution in [3.05, 3.63) is 84.2 Å². The third kappa shape index (κ3) is 6.60. The van der Waals surface area contributed by atoms with Gasteiger partial charge in [-0.1, -0.05) is 6.07 Å². The zero-order chi connectivity index (χ0) is 32.5. The summed E-state index contributed by atoms with van der Waals surface area (Å²) in [7, 11) is -9.10. The van der Waals surface area contributed by atoms with Gasteiger partial charge in [0.25, 0.3) is 20.1 Å². The van der Waals surface area contributed by atoms with Gasteiger partial charge in [0.2, 0.25) is 5.36 Å². The van der Waals surface area contributed by atoms with Crippen LogP contribution < -0.4 is 19.6 Å². The largest absolute Gasteiger partial charge is 0.456 e. The van der Waals surface area contributed by atoms with Crippen molar-refractivity contribution in [3.63, 3.8) is 0 Å². The van der Waals surface area contributed by atoms with E-state index in [1.807, 2.05) is 36.4 Å². The number of thiol groups is 1. The van der Waals surface area contributed by atoms with E-state index in [0.717, 1.165) is 43.3 Å². The zero-order valence-electron chi connectivity index (χ0n) is 25.5. The van der Waals surface area contributed by atoms with E-state index < -0.39 is 25.0 Å². The molecule has 0 unspecified atom stereocenters. The molecule has 3 aromatic carbocycles. The highest BCUT2D eigenvalue weighted by Crippen LogP contribution is 2.43. The fourth-order valence-electron chi connectivity index (χ4n) is 5.56. The van der Waals surface area contributed by atoms with Crippen LogP contribution in [-0.4, -0.2) is 47.6 Å². The van der Waals surface area contributed by atoms with Gasteiger partial charge in [-0.3, -0.25) is 9.27 Å². The molecule has 0 saturated carbocycles. The van der Waals surface area contributed by atoms with Crippen LogP contribution in [-0.2, 0) is 20.1 Å². The second kappa shape index (κ2) is 12.9. The average Bonchev–Trinajstić information content (AvgIpc) is 3.01. The average molecular weight is 667 g/mol. The monoisotopic (exact) mass is 666 g/mol. The van der Waals surface area contributed by atoms with Crippen LogP contribution >= 0.6 is 12.6 Å². The van der Waals surface area contributed by atoms with Crippen LogP contribution in [0.5, 0.6) is 0 Å². The molecule has 5 rings (SSSR count). The molecule has 12 heteroatoms. The van der Waals surface area contributed by atoms with Gasteiger partial charge in [0.15, 0.2) is 0 Å². The summed E-state index contributed by atoms with van der Waals surface area (Å²) in [4.78, 5) is 1.96. The van der Waals surface area contributed by atoms with E-state index in [0.29, 0.717) is 32.8 Å². The molecule has 0 spiro atoms. The lowest BCUT2D eigenvalue weighted by molar-refractivity contribution is 0.483. The number of sulfonamides is 1. The number of nitrogens with zero attached hydrogens (tertiary/aromatic N) is 2. The maximum atomic E-state index is 13.3. The second-order valence-electron chi connectivity index (χ2n) is 10.5. The molecule has 3 aromatic rings. The second-order valence-corrected chi connectivity index (χ2v) is 14.1. The van der Waals surface area contributed by atoms with Crippen LogP contribution in [0.15, 0.2) is 98.0 Å². The van der Waals surface area contributed by atoms with Gasteiger partial charge in [-0.05, 0) is 82.3 Å². The summed E-state index contributed by atoms with van der Waals surface area (Å²) in [6.45, 7) is 11.4. The third-order valence-corrected chi connectivity index (χ3v) is 10.4. The van der Waals surface area contributed by atoms with Crippen LogP contribution in [0.4, 0.5) is 11.4 Å². The number of rotatable bonds is 10. The molecule has 45 heavy (non-hydrogen) atoms. The Labute approximate surface area is 269 Å². The molecule has 0 bridgehead atoms. The minimum atomic E-state index is -4.89. The molecule has 0 radical (unpaired) electrons. The molecule has 0 amide bonds. The van der Waals surface area contributed by atoms with Crippen LogP contribution in [0.2, 0.25) is 0 Å². The maximum absolute atomic E-state index is 13.3. The van der Waals surface area contributed by atoms with Gasteiger partial charge in [-0.2, -0.15) is 8.42 Å². The Bertz CT molecular complexity index is 2130. The van der Waals surface area contributed by atoms with Crippen LogP contribution in [0.1, 0.15) is 27.7 Å². The molecule has 1 aliphatic heterocycles. The van der Waals surface area contributed by atoms with E-state index in [-0.39, 0.29) is 16.1 Å². The summed E-state index contributed by atoms with van der Waals surface area (Å²) < 4.78 is 74.0. The molecule has 1 heterocycles. The topological polar surface area (TPSA) is 120 Å². The smallest absolute Gasteiger partial charge is 0.295 e. The summed E-state index contributed by atoms with van der Waals surface area (Å²) >= 11 is 4.22. The highest BCUT2D eigenvalue weighted by Gasteiger charge is 2.27. The Morgan fingerprint density at radius 3 is 2.11 bits per heavy atom. The lowest BCUT2D eigenvalue weighted by atomic mass is 9.93. The Morgan fingerprint density at radius 2 is 1.49 bits per heavy atom. The predicted octanol–water partition coefficient (Wildman–Crippen LogP) is 6.20. The predicted molar refractivity (Wildman–Crippen MR) is 183 cm³/mol. The van der Waals surface area contributed by atoms with Crippen molar-refractivity contribution < 1.29 is 25.8 Å². The van der Waals surface area contributed by atoms with E-state index in [2.05, 4.69) is 54.5 Å². The van der Waals surface area contributed by atoms with Crippen molar-refractivity contribution in [1.29, 1.82) is 0 Å². The fourth-order valence-corrected chi connectivity index (χ4v) is 7.59. The SMILES string of the molecule is CCN(CC)c1ccc2c(-c3ccc(S(=O)(=O)Nc4ccc(S)cc4)cc3S(=O)(=O)O)c3ccc(=[N+](CC)CC)cc-3oc2c1. The van der Waals surface area contributed by atoms with Crippen molar-refractivity contribution in [2.75, 3.05) is 35.8 Å². The summed E-state index contributed by atoms with van der Waals surface area (Å²) in [5.74, 6) is 0.519. The van der Waals surface area contributed by atoms with E-state index in [9.17, 15) is 21.4 Å². The van der Waals surface area contributed by atoms with Gasteiger partial charge in [0, 0.05) is 63.6 Å². The van der Waals surface area contributed by atoms with Crippen LogP contribution in [0.3, 0.4) is 0 Å². The molecular formula is C33H36N3O6S3+. The molecule has 0 atom stereocenters. The minimum Gasteiger partial charge on any atom is -0.456 e. The highest BCUT2D eigenvalue weighted by atomic mass is 32.2. The Balaban J connectivity index is 1.80. The Morgan fingerprint density at radius 1 is 0.822 bits per heavy atom. The normalized spacial score (nSPS) is 12.0. The Hall–Kier alpha value is -3.84. The van der Waals surface area contributed by atoms with Crippen molar-refractivity contribution in [3.8, 4) is 22.5 Å². The third-order valence-electron chi connectivity index (χ3n) is 7.88. The van der Waals surface area contributed by atoms with Crippen molar-refractivity contribution in [2.45, 2.75) is 42.4 Å². The number of nitrogens with one attached hydrogen (secondary N) is 1. The summed E-state index contributed by atoms with van der Waals surface area (Å²) in [5, 5.41) is 1.55. The minimum absolute atomic E-state index is 0.146. The zero-order valence-corrected chi connectivity index (χ0v) is 28.0. The van der Waals surface area contributed by atoms with Crippen molar-refractivity contribution >= 4 is 55.1 Å². The first-order chi connectivity index (χ1) is 21.4. The number of hydrogen-bond acceptors (Lipinski definition) is 7. The standard InChI is InChI=1S/C33H35N3O6S3/c1-5-35(6-2)23-11-16-27-30(19-23)42-31-20-24(36(7-3)8-4)12-17-28(31)33(27)29-18-15-26(21-32(29)45(39,40)41)44(37,38)34-22-9-13-25(43)14-10-22/h9-21,34H,5-8H2,1-4H3,(H-,39,40,41,43)/p+1. The van der Waals surface area contributed by atoms with Crippen LogP contribution in [0, 0.1) is 0 Å². The van der Waals surface area contributed by atoms with Gasteiger partial charge in [0.1, 0.15) is 29.3 Å². The summed E-state index contributed by atoms with van der Waals surface area (Å²) in [6, 6.07) is 21.5. The van der Waals surface area contributed by atoms with Gasteiger partial charge in [0.05, 0.1) is 11.0 Å². The van der Waals surface area contributed by atoms with Gasteiger partial charge >= 0.3 is 0 Å². The van der Waals surface area contributed by atoms with Gasteiger partial charge in [-0.15, -0.1) is 12.6 Å². The van der Waals surface area contributed by atoms with Gasteiger partial charge in [-0.25, -0.2) is 13.0 Å². The molecule has 2 N–H and O–H groups in total. The molecule has 9 nitrogen and oxygen atoms in total. The number of hydrogen-bond donors (Lipinski definition) is 3. The van der Waals surface area contributed by atoms with Crippen molar-refractivity contribution in [1.82, 2.24) is 4.58 Å².